The molecule has 1 atom stereocenters. The SMILES string of the molecule is COCCn1c(S[C@@H](C)C(=O)c2c[nH]c3ccccc23)nc2ccccc2c1=O. The lowest BCUT2D eigenvalue weighted by molar-refractivity contribution is 0.0995. The van der Waals surface area contributed by atoms with Crippen molar-refractivity contribution in [1.29, 1.82) is 0 Å². The van der Waals surface area contributed by atoms with Crippen LogP contribution in [0.1, 0.15) is 17.3 Å². The van der Waals surface area contributed by atoms with E-state index < -0.39 is 5.25 Å². The number of thioether (sulfide) groups is 1. The van der Waals surface area contributed by atoms with Gasteiger partial charge in [0.05, 0.1) is 29.3 Å². The van der Waals surface area contributed by atoms with Gasteiger partial charge >= 0.3 is 0 Å². The third-order valence-corrected chi connectivity index (χ3v) is 5.94. The molecular weight excluding hydrogens is 386 g/mol. The van der Waals surface area contributed by atoms with Gasteiger partial charge in [-0.05, 0) is 25.1 Å². The summed E-state index contributed by atoms with van der Waals surface area (Å²) in [6.07, 6.45) is 1.75. The minimum Gasteiger partial charge on any atom is -0.383 e. The van der Waals surface area contributed by atoms with Gasteiger partial charge in [0.1, 0.15) is 0 Å². The van der Waals surface area contributed by atoms with Gasteiger partial charge in [-0.25, -0.2) is 4.98 Å². The van der Waals surface area contributed by atoms with Gasteiger partial charge < -0.3 is 9.72 Å². The number of Topliss-reactive ketones (excluding diaryl/α,β-unsaturated/α-hetero) is 1. The highest BCUT2D eigenvalue weighted by atomic mass is 32.2. The number of nitrogens with one attached hydrogen (secondary N) is 1. The number of benzene rings is 2. The van der Waals surface area contributed by atoms with Crippen LogP contribution in [0, 0.1) is 0 Å². The average Bonchev–Trinajstić information content (AvgIpc) is 3.17. The monoisotopic (exact) mass is 407 g/mol. The maximum absolute atomic E-state index is 13.1. The molecule has 0 unspecified atom stereocenters. The predicted octanol–water partition coefficient (Wildman–Crippen LogP) is 3.89. The Morgan fingerprint density at radius 3 is 2.69 bits per heavy atom. The number of H-pyrrole nitrogens is 1. The fourth-order valence-corrected chi connectivity index (χ4v) is 4.33. The molecule has 0 radical (unpaired) electrons. The normalized spacial score (nSPS) is 12.5. The van der Waals surface area contributed by atoms with Gasteiger partial charge in [-0.1, -0.05) is 42.1 Å². The number of carbonyl (C=O) groups is 1. The second kappa shape index (κ2) is 8.23. The molecule has 2 aromatic carbocycles. The molecular formula is C22H21N3O3S. The molecule has 0 fully saturated rings. The highest BCUT2D eigenvalue weighted by Crippen LogP contribution is 2.27. The Morgan fingerprint density at radius 1 is 1.17 bits per heavy atom. The van der Waals surface area contributed by atoms with E-state index in [0.29, 0.717) is 34.8 Å². The number of ketones is 1. The van der Waals surface area contributed by atoms with Crippen molar-refractivity contribution in [2.75, 3.05) is 13.7 Å². The smallest absolute Gasteiger partial charge is 0.262 e. The maximum Gasteiger partial charge on any atom is 0.262 e. The maximum atomic E-state index is 13.1. The van der Waals surface area contributed by atoms with E-state index in [1.807, 2.05) is 49.4 Å². The molecule has 0 aliphatic carbocycles. The number of aromatic amines is 1. The summed E-state index contributed by atoms with van der Waals surface area (Å²) in [4.78, 5) is 33.9. The quantitative estimate of drug-likeness (QED) is 0.286. The summed E-state index contributed by atoms with van der Waals surface area (Å²) >= 11 is 1.30. The lowest BCUT2D eigenvalue weighted by atomic mass is 10.1. The summed E-state index contributed by atoms with van der Waals surface area (Å²) in [7, 11) is 1.59. The van der Waals surface area contributed by atoms with Crippen LogP contribution < -0.4 is 5.56 Å². The van der Waals surface area contributed by atoms with Gasteiger partial charge in [0.15, 0.2) is 10.9 Å². The molecule has 7 heteroatoms. The molecule has 0 saturated carbocycles. The largest absolute Gasteiger partial charge is 0.383 e. The summed E-state index contributed by atoms with van der Waals surface area (Å²) < 4.78 is 6.75. The van der Waals surface area contributed by atoms with Crippen molar-refractivity contribution in [2.45, 2.75) is 23.9 Å². The topological polar surface area (TPSA) is 77.0 Å². The summed E-state index contributed by atoms with van der Waals surface area (Å²) in [6, 6.07) is 15.0. The zero-order chi connectivity index (χ0) is 20.4. The van der Waals surface area contributed by atoms with Gasteiger partial charge in [-0.15, -0.1) is 0 Å². The van der Waals surface area contributed by atoms with Crippen molar-refractivity contribution >= 4 is 39.4 Å². The van der Waals surface area contributed by atoms with E-state index in [1.165, 1.54) is 11.8 Å². The summed E-state index contributed by atoms with van der Waals surface area (Å²) in [5.74, 6) is -0.00634. The first kappa shape index (κ1) is 19.4. The summed E-state index contributed by atoms with van der Waals surface area (Å²) in [5.41, 5.74) is 2.07. The van der Waals surface area contributed by atoms with Crippen LogP contribution in [0.5, 0.6) is 0 Å². The van der Waals surface area contributed by atoms with Crippen molar-refractivity contribution in [2.24, 2.45) is 0 Å². The lowest BCUT2D eigenvalue weighted by Crippen LogP contribution is -2.26. The van der Waals surface area contributed by atoms with Crippen molar-refractivity contribution in [1.82, 2.24) is 14.5 Å². The molecule has 2 heterocycles. The molecule has 0 saturated heterocycles. The van der Waals surface area contributed by atoms with E-state index in [4.69, 9.17) is 4.74 Å². The van der Waals surface area contributed by atoms with E-state index in [2.05, 4.69) is 9.97 Å². The van der Waals surface area contributed by atoms with Gasteiger partial charge in [-0.3, -0.25) is 14.2 Å². The fraction of sp³-hybridized carbons (Fsp3) is 0.227. The zero-order valence-electron chi connectivity index (χ0n) is 16.2. The molecule has 0 aliphatic heterocycles. The van der Waals surface area contributed by atoms with E-state index >= 15 is 0 Å². The number of aromatic nitrogens is 3. The van der Waals surface area contributed by atoms with Crippen molar-refractivity contribution < 1.29 is 9.53 Å². The number of rotatable bonds is 7. The van der Waals surface area contributed by atoms with Crippen LogP contribution in [0.3, 0.4) is 0 Å². The van der Waals surface area contributed by atoms with E-state index in [-0.39, 0.29) is 11.3 Å². The third-order valence-electron chi connectivity index (χ3n) is 4.85. The highest BCUT2D eigenvalue weighted by molar-refractivity contribution is 8.00. The van der Waals surface area contributed by atoms with E-state index in [0.717, 1.165) is 10.9 Å². The number of hydrogen-bond donors (Lipinski definition) is 1. The van der Waals surface area contributed by atoms with Gasteiger partial charge in [0, 0.05) is 29.8 Å². The van der Waals surface area contributed by atoms with Crippen LogP contribution in [-0.4, -0.2) is 39.3 Å². The molecule has 2 aromatic heterocycles. The average molecular weight is 407 g/mol. The molecule has 148 valence electrons. The Balaban J connectivity index is 1.70. The van der Waals surface area contributed by atoms with E-state index in [1.54, 1.807) is 23.9 Å². The first-order valence-corrected chi connectivity index (χ1v) is 10.2. The number of hydrogen-bond acceptors (Lipinski definition) is 5. The number of fused-ring (bicyclic) bond motifs is 2. The van der Waals surface area contributed by atoms with Crippen LogP contribution in [0.25, 0.3) is 21.8 Å². The second-order valence-electron chi connectivity index (χ2n) is 6.73. The lowest BCUT2D eigenvalue weighted by Gasteiger charge is -2.15. The van der Waals surface area contributed by atoms with Crippen molar-refractivity contribution in [3.8, 4) is 0 Å². The zero-order valence-corrected chi connectivity index (χ0v) is 17.0. The highest BCUT2D eigenvalue weighted by Gasteiger charge is 2.22. The minimum atomic E-state index is -0.406. The van der Waals surface area contributed by atoms with E-state index in [9.17, 15) is 9.59 Å². The Hall–Kier alpha value is -2.90. The molecule has 0 amide bonds. The molecule has 6 nitrogen and oxygen atoms in total. The molecule has 29 heavy (non-hydrogen) atoms. The van der Waals surface area contributed by atoms with Crippen LogP contribution >= 0.6 is 11.8 Å². The molecule has 0 spiro atoms. The summed E-state index contributed by atoms with van der Waals surface area (Å²) in [5, 5.41) is 1.57. The van der Waals surface area contributed by atoms with Crippen LogP contribution in [-0.2, 0) is 11.3 Å². The number of ether oxygens (including phenoxy) is 1. The number of carbonyl (C=O) groups excluding carboxylic acids is 1. The van der Waals surface area contributed by atoms with Crippen LogP contribution in [0.4, 0.5) is 0 Å². The third kappa shape index (κ3) is 3.71. The Bertz CT molecular complexity index is 1250. The Morgan fingerprint density at radius 2 is 1.90 bits per heavy atom. The molecule has 0 bridgehead atoms. The van der Waals surface area contributed by atoms with Crippen molar-refractivity contribution in [3.05, 3.63) is 70.6 Å². The molecule has 4 aromatic rings. The van der Waals surface area contributed by atoms with Crippen LogP contribution in [0.15, 0.2) is 64.7 Å². The van der Waals surface area contributed by atoms with Crippen molar-refractivity contribution in [3.63, 3.8) is 0 Å². The van der Waals surface area contributed by atoms with Gasteiger partial charge in [0.25, 0.3) is 5.56 Å². The Kier molecular flexibility index (Phi) is 5.51. The first-order valence-electron chi connectivity index (χ1n) is 9.35. The molecule has 4 rings (SSSR count). The minimum absolute atomic E-state index is 0.00634. The molecule has 0 aliphatic rings. The standard InChI is InChI=1S/C22H21N3O3S/c1-14(20(26)17-13-23-18-9-5-3-7-15(17)18)29-22-24-19-10-6-4-8-16(19)21(27)25(22)11-12-28-2/h3-10,13-14,23H,11-12H2,1-2H3/t14-/m0/s1. The number of nitrogens with zero attached hydrogens (tertiary/aromatic N) is 2. The first-order chi connectivity index (χ1) is 14.1. The van der Waals surface area contributed by atoms with Gasteiger partial charge in [-0.2, -0.15) is 0 Å². The van der Waals surface area contributed by atoms with Crippen LogP contribution in [0.2, 0.25) is 0 Å². The Labute approximate surface area is 171 Å². The second-order valence-corrected chi connectivity index (χ2v) is 8.04. The predicted molar refractivity (Wildman–Crippen MR) is 116 cm³/mol. The number of methoxy groups -OCH3 is 1. The number of para-hydroxylation sites is 2. The summed E-state index contributed by atoms with van der Waals surface area (Å²) in [6.45, 7) is 2.61. The van der Waals surface area contributed by atoms with Gasteiger partial charge in [0.2, 0.25) is 0 Å². The fourth-order valence-electron chi connectivity index (χ4n) is 3.32. The molecule has 1 N–H and O–H groups in total.